The van der Waals surface area contributed by atoms with Crippen molar-refractivity contribution < 1.29 is 13.2 Å². The molecular formula is C22H26N4O3S2. The Morgan fingerprint density at radius 3 is 2.48 bits per heavy atom. The van der Waals surface area contributed by atoms with E-state index in [1.54, 1.807) is 29.4 Å². The van der Waals surface area contributed by atoms with E-state index in [1.165, 1.54) is 11.3 Å². The average molecular weight is 459 g/mol. The molecule has 164 valence electrons. The summed E-state index contributed by atoms with van der Waals surface area (Å²) in [7, 11) is -3.59. The number of sulfonamides is 1. The topological polar surface area (TPSA) is 92.3 Å². The molecule has 1 aromatic carbocycles. The first-order chi connectivity index (χ1) is 14.7. The molecule has 0 bridgehead atoms. The number of nitrogens with one attached hydrogen (secondary N) is 1. The Hall–Kier alpha value is -2.36. The van der Waals surface area contributed by atoms with Gasteiger partial charge in [0.25, 0.3) is 5.91 Å². The maximum absolute atomic E-state index is 13.2. The molecule has 1 saturated heterocycles. The molecule has 1 aliphatic heterocycles. The minimum Gasteiger partial charge on any atom is -0.321 e. The highest BCUT2D eigenvalue weighted by molar-refractivity contribution is 7.89. The summed E-state index contributed by atoms with van der Waals surface area (Å²) in [5.74, 6) is 0.395. The summed E-state index contributed by atoms with van der Waals surface area (Å²) in [5, 5.41) is 3.78. The molecule has 0 spiro atoms. The maximum Gasteiger partial charge on any atom is 0.266 e. The number of hydrogen-bond acceptors (Lipinski definition) is 6. The van der Waals surface area contributed by atoms with E-state index in [2.05, 4.69) is 15.3 Å². The van der Waals surface area contributed by atoms with Crippen molar-refractivity contribution in [2.24, 2.45) is 0 Å². The van der Waals surface area contributed by atoms with E-state index in [9.17, 15) is 13.2 Å². The van der Waals surface area contributed by atoms with E-state index < -0.39 is 10.0 Å². The van der Waals surface area contributed by atoms with Gasteiger partial charge in [-0.25, -0.2) is 18.4 Å². The Morgan fingerprint density at radius 2 is 1.77 bits per heavy atom. The van der Waals surface area contributed by atoms with Gasteiger partial charge in [-0.2, -0.15) is 4.31 Å². The molecular weight excluding hydrogens is 432 g/mol. The van der Waals surface area contributed by atoms with Crippen LogP contribution in [-0.2, 0) is 10.0 Å². The fourth-order valence-electron chi connectivity index (χ4n) is 4.08. The van der Waals surface area contributed by atoms with E-state index in [1.807, 2.05) is 20.8 Å². The van der Waals surface area contributed by atoms with Crippen LogP contribution in [0, 0.1) is 27.7 Å². The standard InChI is InChI=1S/C22H26N4O3S2/c1-13-8-9-17(12-18(13)31(28,29)26-10-6-5-7-11-26)25-21(27)20-14(2)19-15(3)23-16(4)24-22(19)30-20/h8-9,12H,5-7,10-11H2,1-4H3,(H,25,27). The highest BCUT2D eigenvalue weighted by atomic mass is 32.2. The van der Waals surface area contributed by atoms with Gasteiger partial charge in [0.2, 0.25) is 10.0 Å². The second-order valence-corrected chi connectivity index (χ2v) is 10.9. The summed E-state index contributed by atoms with van der Waals surface area (Å²) >= 11 is 1.33. The van der Waals surface area contributed by atoms with Crippen LogP contribution >= 0.6 is 11.3 Å². The van der Waals surface area contributed by atoms with Crippen LogP contribution in [0.2, 0.25) is 0 Å². The van der Waals surface area contributed by atoms with Crippen molar-refractivity contribution in [2.45, 2.75) is 51.9 Å². The molecule has 0 atom stereocenters. The predicted octanol–water partition coefficient (Wildman–Crippen LogP) is 4.35. The van der Waals surface area contributed by atoms with Gasteiger partial charge in [-0.1, -0.05) is 12.5 Å². The molecule has 4 rings (SSSR count). The Morgan fingerprint density at radius 1 is 1.06 bits per heavy atom. The zero-order valence-electron chi connectivity index (χ0n) is 18.2. The van der Waals surface area contributed by atoms with Gasteiger partial charge >= 0.3 is 0 Å². The van der Waals surface area contributed by atoms with Crippen LogP contribution in [0.3, 0.4) is 0 Å². The summed E-state index contributed by atoms with van der Waals surface area (Å²) in [4.78, 5) is 23.5. The molecule has 0 aliphatic carbocycles. The monoisotopic (exact) mass is 458 g/mol. The molecule has 3 aromatic rings. The number of hydrogen-bond donors (Lipinski definition) is 1. The van der Waals surface area contributed by atoms with Gasteiger partial charge in [0.1, 0.15) is 10.7 Å². The molecule has 1 N–H and O–H groups in total. The number of carbonyl (C=O) groups excluding carboxylic acids is 1. The van der Waals surface area contributed by atoms with Crippen LogP contribution in [0.4, 0.5) is 5.69 Å². The first-order valence-corrected chi connectivity index (χ1v) is 12.6. The van der Waals surface area contributed by atoms with E-state index in [0.717, 1.165) is 40.7 Å². The van der Waals surface area contributed by atoms with Gasteiger partial charge in [-0.3, -0.25) is 4.79 Å². The van der Waals surface area contributed by atoms with Gasteiger partial charge in [0, 0.05) is 29.9 Å². The van der Waals surface area contributed by atoms with Crippen molar-refractivity contribution in [1.82, 2.24) is 14.3 Å². The number of carbonyl (C=O) groups is 1. The molecule has 0 unspecified atom stereocenters. The summed E-state index contributed by atoms with van der Waals surface area (Å²) in [6.07, 6.45) is 2.81. The van der Waals surface area contributed by atoms with Crippen LogP contribution in [-0.4, -0.2) is 41.7 Å². The number of nitrogens with zero attached hydrogens (tertiary/aromatic N) is 3. The molecule has 1 fully saturated rings. The second-order valence-electron chi connectivity index (χ2n) is 7.99. The smallest absolute Gasteiger partial charge is 0.266 e. The maximum atomic E-state index is 13.2. The van der Waals surface area contributed by atoms with Gasteiger partial charge in [-0.15, -0.1) is 11.3 Å². The lowest BCUT2D eigenvalue weighted by Crippen LogP contribution is -2.36. The lowest BCUT2D eigenvalue weighted by atomic mass is 10.1. The summed E-state index contributed by atoms with van der Waals surface area (Å²) in [6, 6.07) is 5.04. The summed E-state index contributed by atoms with van der Waals surface area (Å²) in [6.45, 7) is 8.50. The molecule has 7 nitrogen and oxygen atoms in total. The lowest BCUT2D eigenvalue weighted by Gasteiger charge is -2.26. The third-order valence-corrected chi connectivity index (χ3v) is 8.89. The number of rotatable bonds is 4. The molecule has 0 saturated carbocycles. The van der Waals surface area contributed by atoms with Gasteiger partial charge in [-0.05, 0) is 63.8 Å². The van der Waals surface area contributed by atoms with Crippen LogP contribution < -0.4 is 5.32 Å². The van der Waals surface area contributed by atoms with E-state index in [0.29, 0.717) is 35.0 Å². The molecule has 0 radical (unpaired) electrons. The number of anilines is 1. The van der Waals surface area contributed by atoms with Crippen molar-refractivity contribution in [3.05, 3.63) is 45.7 Å². The fraction of sp³-hybridized carbons (Fsp3) is 0.409. The van der Waals surface area contributed by atoms with Crippen molar-refractivity contribution in [3.8, 4) is 0 Å². The Bertz CT molecular complexity index is 1280. The third-order valence-electron chi connectivity index (χ3n) is 5.67. The number of fused-ring (bicyclic) bond motifs is 1. The van der Waals surface area contributed by atoms with Gasteiger partial charge in [0.15, 0.2) is 0 Å². The second kappa shape index (κ2) is 8.29. The van der Waals surface area contributed by atoms with Crippen molar-refractivity contribution in [3.63, 3.8) is 0 Å². The molecule has 1 amide bonds. The highest BCUT2D eigenvalue weighted by Gasteiger charge is 2.28. The van der Waals surface area contributed by atoms with Gasteiger partial charge in [0.05, 0.1) is 9.77 Å². The Labute approximate surface area is 186 Å². The zero-order chi connectivity index (χ0) is 22.3. The SMILES string of the molecule is Cc1nc(C)c2c(C)c(C(=O)Nc3ccc(C)c(S(=O)(=O)N4CCCCC4)c3)sc2n1. The zero-order valence-corrected chi connectivity index (χ0v) is 19.8. The Kier molecular flexibility index (Phi) is 5.85. The predicted molar refractivity (Wildman–Crippen MR) is 123 cm³/mol. The van der Waals surface area contributed by atoms with Crippen LogP contribution in [0.25, 0.3) is 10.2 Å². The van der Waals surface area contributed by atoms with E-state index >= 15 is 0 Å². The highest BCUT2D eigenvalue weighted by Crippen LogP contribution is 2.32. The number of piperidine rings is 1. The lowest BCUT2D eigenvalue weighted by molar-refractivity contribution is 0.103. The quantitative estimate of drug-likeness (QED) is 0.627. The fourth-order valence-corrected chi connectivity index (χ4v) is 7.02. The number of aryl methyl sites for hydroxylation is 4. The largest absolute Gasteiger partial charge is 0.321 e. The molecule has 31 heavy (non-hydrogen) atoms. The van der Waals surface area contributed by atoms with Crippen molar-refractivity contribution >= 4 is 43.2 Å². The normalized spacial score (nSPS) is 15.4. The average Bonchev–Trinajstić information content (AvgIpc) is 3.06. The molecule has 9 heteroatoms. The van der Waals surface area contributed by atoms with Gasteiger partial charge < -0.3 is 5.32 Å². The number of thiophene rings is 1. The first kappa shape index (κ1) is 21.9. The first-order valence-electron chi connectivity index (χ1n) is 10.3. The number of amides is 1. The third kappa shape index (κ3) is 4.09. The number of benzene rings is 1. The number of aromatic nitrogens is 2. The minimum absolute atomic E-state index is 0.248. The molecule has 3 heterocycles. The van der Waals surface area contributed by atoms with Crippen LogP contribution in [0.5, 0.6) is 0 Å². The van der Waals surface area contributed by atoms with Crippen LogP contribution in [0.15, 0.2) is 23.1 Å². The molecule has 2 aromatic heterocycles. The van der Waals surface area contributed by atoms with Crippen LogP contribution in [0.1, 0.15) is 51.6 Å². The van der Waals surface area contributed by atoms with Crippen molar-refractivity contribution in [1.29, 1.82) is 0 Å². The molecule has 1 aliphatic rings. The summed E-state index contributed by atoms with van der Waals surface area (Å²) < 4.78 is 27.9. The Balaban J connectivity index is 1.65. The van der Waals surface area contributed by atoms with E-state index in [-0.39, 0.29) is 10.8 Å². The van der Waals surface area contributed by atoms with Crippen molar-refractivity contribution in [2.75, 3.05) is 18.4 Å². The minimum atomic E-state index is -3.59. The summed E-state index contributed by atoms with van der Waals surface area (Å²) in [5.41, 5.74) is 2.81. The van der Waals surface area contributed by atoms with E-state index in [4.69, 9.17) is 0 Å².